The van der Waals surface area contributed by atoms with Crippen molar-refractivity contribution in [2.24, 2.45) is 5.92 Å². The van der Waals surface area contributed by atoms with Gasteiger partial charge in [0.2, 0.25) is 0 Å². The monoisotopic (exact) mass is 380 g/mol. The van der Waals surface area contributed by atoms with Gasteiger partial charge in [0.15, 0.2) is 18.1 Å². The normalized spacial score (nSPS) is 16.1. The molecule has 1 aromatic heterocycles. The highest BCUT2D eigenvalue weighted by atomic mass is 16.5. The second kappa shape index (κ2) is 9.60. The lowest BCUT2D eigenvalue weighted by atomic mass is 9.98. The van der Waals surface area contributed by atoms with Crippen molar-refractivity contribution in [3.05, 3.63) is 48.2 Å². The molecule has 1 aromatic carbocycles. The molecule has 0 unspecified atom stereocenters. The third-order valence-electron chi connectivity index (χ3n) is 4.71. The summed E-state index contributed by atoms with van der Waals surface area (Å²) < 4.78 is 10.8. The lowest BCUT2D eigenvalue weighted by Crippen LogP contribution is -2.42. The van der Waals surface area contributed by atoms with Crippen LogP contribution in [0.5, 0.6) is 11.5 Å². The number of carbonyl (C=O) groups excluding carboxylic acids is 1. The first-order chi connectivity index (χ1) is 13.7. The standard InChI is InChI=1S/C21H24N4O3/c1-27-18-8-2-3-9-19(18)28-15-21(26)23-13-16-6-5-11-25(14-16)20-10-4-7-17(12-22)24-20/h2-4,7-10,16H,5-6,11,13-15H2,1H3,(H,23,26)/t16-/m0/s1. The number of anilines is 1. The van der Waals surface area contributed by atoms with Crippen LogP contribution >= 0.6 is 0 Å². The largest absolute Gasteiger partial charge is 0.493 e. The molecule has 1 atom stereocenters. The van der Waals surface area contributed by atoms with Crippen LogP contribution in [0.4, 0.5) is 5.82 Å². The average molecular weight is 380 g/mol. The zero-order valence-electron chi connectivity index (χ0n) is 15.9. The van der Waals surface area contributed by atoms with E-state index in [1.165, 1.54) is 0 Å². The number of para-hydroxylation sites is 2. The smallest absolute Gasteiger partial charge is 0.257 e. The topological polar surface area (TPSA) is 87.5 Å². The van der Waals surface area contributed by atoms with Gasteiger partial charge in [-0.15, -0.1) is 0 Å². The first kappa shape index (κ1) is 19.5. The van der Waals surface area contributed by atoms with E-state index in [0.717, 1.165) is 31.7 Å². The molecule has 1 amide bonds. The van der Waals surface area contributed by atoms with E-state index in [0.29, 0.717) is 29.7 Å². The third-order valence-corrected chi connectivity index (χ3v) is 4.71. The Bertz CT molecular complexity index is 850. The van der Waals surface area contributed by atoms with Gasteiger partial charge in [-0.3, -0.25) is 4.79 Å². The number of pyridine rings is 1. The summed E-state index contributed by atoms with van der Waals surface area (Å²) >= 11 is 0. The van der Waals surface area contributed by atoms with Crippen molar-refractivity contribution < 1.29 is 14.3 Å². The predicted molar refractivity (Wildman–Crippen MR) is 105 cm³/mol. The Morgan fingerprint density at radius 3 is 2.89 bits per heavy atom. The molecule has 146 valence electrons. The van der Waals surface area contributed by atoms with Gasteiger partial charge in [0.1, 0.15) is 17.6 Å². The Morgan fingerprint density at radius 1 is 1.29 bits per heavy atom. The number of amides is 1. The second-order valence-corrected chi connectivity index (χ2v) is 6.69. The first-order valence-electron chi connectivity index (χ1n) is 9.34. The number of benzene rings is 1. The van der Waals surface area contributed by atoms with E-state index in [2.05, 4.69) is 21.3 Å². The fourth-order valence-electron chi connectivity index (χ4n) is 3.29. The lowest BCUT2D eigenvalue weighted by Gasteiger charge is -2.33. The molecule has 1 fully saturated rings. The molecule has 28 heavy (non-hydrogen) atoms. The third kappa shape index (κ3) is 5.13. The van der Waals surface area contributed by atoms with Crippen molar-refractivity contribution in [2.45, 2.75) is 12.8 Å². The SMILES string of the molecule is COc1ccccc1OCC(=O)NC[C@@H]1CCCN(c2cccc(C#N)n2)C1. The molecule has 7 heteroatoms. The quantitative estimate of drug-likeness (QED) is 0.793. The molecule has 1 N–H and O–H groups in total. The maximum absolute atomic E-state index is 12.2. The molecule has 1 aliphatic rings. The number of hydrogen-bond acceptors (Lipinski definition) is 6. The molecular formula is C21H24N4O3. The number of nitrogens with one attached hydrogen (secondary N) is 1. The summed E-state index contributed by atoms with van der Waals surface area (Å²) in [6, 6.07) is 14.8. The van der Waals surface area contributed by atoms with E-state index in [4.69, 9.17) is 14.7 Å². The number of aromatic nitrogens is 1. The Labute approximate surface area is 164 Å². The van der Waals surface area contributed by atoms with Crippen molar-refractivity contribution in [3.63, 3.8) is 0 Å². The van der Waals surface area contributed by atoms with Crippen LogP contribution in [0.1, 0.15) is 18.5 Å². The molecule has 1 saturated heterocycles. The summed E-state index contributed by atoms with van der Waals surface area (Å²) in [5.41, 5.74) is 0.418. The Balaban J connectivity index is 1.47. The number of methoxy groups -OCH3 is 1. The van der Waals surface area contributed by atoms with Crippen molar-refractivity contribution in [3.8, 4) is 17.6 Å². The predicted octanol–water partition coefficient (Wildman–Crippen LogP) is 2.37. The van der Waals surface area contributed by atoms with Gasteiger partial charge in [0.25, 0.3) is 5.91 Å². The van der Waals surface area contributed by atoms with Crippen LogP contribution in [-0.4, -0.2) is 44.2 Å². The number of nitriles is 1. The molecular weight excluding hydrogens is 356 g/mol. The van der Waals surface area contributed by atoms with Crippen LogP contribution in [0.3, 0.4) is 0 Å². The van der Waals surface area contributed by atoms with Crippen molar-refractivity contribution in [1.29, 1.82) is 5.26 Å². The van der Waals surface area contributed by atoms with Crippen molar-refractivity contribution in [1.82, 2.24) is 10.3 Å². The zero-order valence-corrected chi connectivity index (χ0v) is 15.9. The van der Waals surface area contributed by atoms with Gasteiger partial charge in [-0.2, -0.15) is 5.26 Å². The van der Waals surface area contributed by atoms with E-state index >= 15 is 0 Å². The minimum Gasteiger partial charge on any atom is -0.493 e. The lowest BCUT2D eigenvalue weighted by molar-refractivity contribution is -0.123. The molecule has 2 heterocycles. The summed E-state index contributed by atoms with van der Waals surface area (Å²) in [7, 11) is 1.57. The van der Waals surface area contributed by atoms with E-state index in [1.807, 2.05) is 24.3 Å². The summed E-state index contributed by atoms with van der Waals surface area (Å²) in [5, 5.41) is 12.0. The number of nitrogens with zero attached hydrogens (tertiary/aromatic N) is 3. The fourth-order valence-corrected chi connectivity index (χ4v) is 3.29. The number of piperidine rings is 1. The van der Waals surface area contributed by atoms with Gasteiger partial charge in [-0.05, 0) is 43.0 Å². The first-order valence-corrected chi connectivity index (χ1v) is 9.34. The Morgan fingerprint density at radius 2 is 2.11 bits per heavy atom. The van der Waals surface area contributed by atoms with Gasteiger partial charge < -0.3 is 19.7 Å². The molecule has 7 nitrogen and oxygen atoms in total. The van der Waals surface area contributed by atoms with Crippen LogP contribution in [0.2, 0.25) is 0 Å². The number of carbonyl (C=O) groups is 1. The number of hydrogen-bond donors (Lipinski definition) is 1. The zero-order chi connectivity index (χ0) is 19.8. The van der Waals surface area contributed by atoms with Crippen LogP contribution in [0.25, 0.3) is 0 Å². The van der Waals surface area contributed by atoms with E-state index in [-0.39, 0.29) is 12.5 Å². The van der Waals surface area contributed by atoms with Crippen molar-refractivity contribution in [2.75, 3.05) is 38.3 Å². The van der Waals surface area contributed by atoms with Crippen LogP contribution in [0, 0.1) is 17.2 Å². The van der Waals surface area contributed by atoms with Crippen LogP contribution < -0.4 is 19.7 Å². The van der Waals surface area contributed by atoms with Crippen LogP contribution in [0.15, 0.2) is 42.5 Å². The molecule has 0 saturated carbocycles. The van der Waals surface area contributed by atoms with Gasteiger partial charge in [-0.25, -0.2) is 4.98 Å². The molecule has 0 aliphatic carbocycles. The van der Waals surface area contributed by atoms with E-state index < -0.39 is 0 Å². The molecule has 0 spiro atoms. The molecule has 0 bridgehead atoms. The summed E-state index contributed by atoms with van der Waals surface area (Å²) in [6.45, 7) is 2.24. The van der Waals surface area contributed by atoms with Gasteiger partial charge in [-0.1, -0.05) is 18.2 Å². The molecule has 1 aliphatic heterocycles. The maximum atomic E-state index is 12.2. The number of ether oxygens (including phenoxy) is 2. The highest BCUT2D eigenvalue weighted by Crippen LogP contribution is 2.25. The highest BCUT2D eigenvalue weighted by Gasteiger charge is 2.21. The number of rotatable bonds is 7. The molecule has 3 rings (SSSR count). The van der Waals surface area contributed by atoms with Gasteiger partial charge in [0, 0.05) is 19.6 Å². The van der Waals surface area contributed by atoms with E-state index in [9.17, 15) is 4.79 Å². The van der Waals surface area contributed by atoms with Crippen molar-refractivity contribution >= 4 is 11.7 Å². The average Bonchev–Trinajstić information content (AvgIpc) is 2.76. The fraction of sp³-hybridized carbons (Fsp3) is 0.381. The van der Waals surface area contributed by atoms with Gasteiger partial charge >= 0.3 is 0 Å². The minimum atomic E-state index is -0.160. The Hall–Kier alpha value is -3.27. The molecule has 2 aromatic rings. The van der Waals surface area contributed by atoms with Crippen LogP contribution in [-0.2, 0) is 4.79 Å². The summed E-state index contributed by atoms with van der Waals surface area (Å²) in [6.07, 6.45) is 2.07. The van der Waals surface area contributed by atoms with Gasteiger partial charge in [0.05, 0.1) is 7.11 Å². The highest BCUT2D eigenvalue weighted by molar-refractivity contribution is 5.77. The summed E-state index contributed by atoms with van der Waals surface area (Å²) in [5.74, 6) is 2.14. The molecule has 0 radical (unpaired) electrons. The Kier molecular flexibility index (Phi) is 6.68. The summed E-state index contributed by atoms with van der Waals surface area (Å²) in [4.78, 5) is 18.7. The second-order valence-electron chi connectivity index (χ2n) is 6.69. The van der Waals surface area contributed by atoms with E-state index in [1.54, 1.807) is 25.3 Å². The minimum absolute atomic E-state index is 0.0530. The maximum Gasteiger partial charge on any atom is 0.257 e.